The molecule has 3 rings (SSSR count). The first-order chi connectivity index (χ1) is 12.3. The second-order valence-electron chi connectivity index (χ2n) is 6.73. The van der Waals surface area contributed by atoms with Crippen LogP contribution in [0.4, 0.5) is 10.6 Å². The van der Waals surface area contributed by atoms with Crippen molar-refractivity contribution in [2.45, 2.75) is 31.7 Å². The number of sulfonamides is 1. The van der Waals surface area contributed by atoms with Crippen molar-refractivity contribution in [1.82, 2.24) is 19.3 Å². The second kappa shape index (κ2) is 7.20. The number of hydrogen-bond donors (Lipinski definition) is 2. The van der Waals surface area contributed by atoms with E-state index in [9.17, 15) is 13.2 Å². The van der Waals surface area contributed by atoms with Crippen LogP contribution in [-0.4, -0.2) is 54.9 Å². The minimum Gasteiger partial charge on any atom is -0.356 e. The molecule has 1 aliphatic carbocycles. The quantitative estimate of drug-likeness (QED) is 0.794. The van der Waals surface area contributed by atoms with Crippen molar-refractivity contribution in [2.24, 2.45) is 11.7 Å². The second-order valence-corrected chi connectivity index (χ2v) is 8.70. The minimum absolute atomic E-state index is 0.179. The SMILES string of the molecule is CNS(=O)(=O)CC1CCC(N(C)c2ncnc3c2ccn3C(N)=O)CC1. The fourth-order valence-electron chi connectivity index (χ4n) is 3.66. The van der Waals surface area contributed by atoms with Crippen LogP contribution in [0.2, 0.25) is 0 Å². The Labute approximate surface area is 152 Å². The van der Waals surface area contributed by atoms with E-state index in [2.05, 4.69) is 19.6 Å². The van der Waals surface area contributed by atoms with Gasteiger partial charge in [0.2, 0.25) is 10.0 Å². The van der Waals surface area contributed by atoms with Crippen molar-refractivity contribution in [3.63, 3.8) is 0 Å². The summed E-state index contributed by atoms with van der Waals surface area (Å²) in [6.07, 6.45) is 6.51. The molecule has 0 aromatic carbocycles. The number of primary amides is 1. The zero-order valence-corrected chi connectivity index (χ0v) is 15.7. The normalized spacial score (nSPS) is 21.0. The molecule has 0 radical (unpaired) electrons. The number of carbonyl (C=O) groups is 1. The van der Waals surface area contributed by atoms with Crippen molar-refractivity contribution >= 4 is 32.9 Å². The molecule has 2 aromatic heterocycles. The lowest BCUT2D eigenvalue weighted by atomic mass is 9.86. The summed E-state index contributed by atoms with van der Waals surface area (Å²) in [5.74, 6) is 1.11. The molecule has 2 heterocycles. The Balaban J connectivity index is 1.74. The summed E-state index contributed by atoms with van der Waals surface area (Å²) in [5.41, 5.74) is 5.86. The van der Waals surface area contributed by atoms with Crippen molar-refractivity contribution in [1.29, 1.82) is 0 Å². The molecule has 142 valence electrons. The van der Waals surface area contributed by atoms with Gasteiger partial charge in [0.15, 0.2) is 5.65 Å². The van der Waals surface area contributed by atoms with E-state index in [-0.39, 0.29) is 17.7 Å². The van der Waals surface area contributed by atoms with E-state index < -0.39 is 16.1 Å². The highest BCUT2D eigenvalue weighted by Crippen LogP contribution is 2.32. The van der Waals surface area contributed by atoms with Gasteiger partial charge in [-0.3, -0.25) is 4.57 Å². The fraction of sp³-hybridized carbons (Fsp3) is 0.562. The van der Waals surface area contributed by atoms with E-state index in [4.69, 9.17) is 5.73 Å². The highest BCUT2D eigenvalue weighted by molar-refractivity contribution is 7.89. The molecule has 0 unspecified atom stereocenters. The maximum atomic E-state index is 11.7. The van der Waals surface area contributed by atoms with Crippen LogP contribution in [0.3, 0.4) is 0 Å². The number of amides is 1. The predicted octanol–water partition coefficient (Wildman–Crippen LogP) is 0.902. The average Bonchev–Trinajstić information content (AvgIpc) is 3.06. The fourth-order valence-corrected chi connectivity index (χ4v) is 4.78. The number of anilines is 1. The number of aromatic nitrogens is 3. The van der Waals surface area contributed by atoms with Crippen LogP contribution in [-0.2, 0) is 10.0 Å². The molecule has 1 amide bonds. The average molecular weight is 380 g/mol. The molecule has 1 fully saturated rings. The molecule has 9 nitrogen and oxygen atoms in total. The van der Waals surface area contributed by atoms with Gasteiger partial charge >= 0.3 is 6.03 Å². The van der Waals surface area contributed by atoms with E-state index >= 15 is 0 Å². The molecule has 0 atom stereocenters. The molecule has 0 saturated heterocycles. The number of nitrogens with zero attached hydrogens (tertiary/aromatic N) is 4. The standard InChI is InChI=1S/C16H24N6O3S/c1-18-26(24,25)9-11-3-5-12(6-4-11)21(2)14-13-7-8-22(16(17)23)15(13)20-10-19-14/h7-8,10-12,18H,3-6,9H2,1-2H3,(H2,17,23). The monoisotopic (exact) mass is 380 g/mol. The van der Waals surface area contributed by atoms with E-state index in [0.717, 1.165) is 36.9 Å². The zero-order chi connectivity index (χ0) is 18.9. The maximum absolute atomic E-state index is 11.7. The van der Waals surface area contributed by atoms with Crippen LogP contribution in [0.25, 0.3) is 11.0 Å². The third kappa shape index (κ3) is 3.65. The van der Waals surface area contributed by atoms with Crippen LogP contribution >= 0.6 is 0 Å². The van der Waals surface area contributed by atoms with E-state index in [1.807, 2.05) is 7.05 Å². The summed E-state index contributed by atoms with van der Waals surface area (Å²) >= 11 is 0. The van der Waals surface area contributed by atoms with Gasteiger partial charge in [0.25, 0.3) is 0 Å². The lowest BCUT2D eigenvalue weighted by Crippen LogP contribution is -2.38. The minimum atomic E-state index is -3.17. The van der Waals surface area contributed by atoms with Gasteiger partial charge in [-0.15, -0.1) is 0 Å². The lowest BCUT2D eigenvalue weighted by molar-refractivity contribution is 0.251. The molecule has 3 N–H and O–H groups in total. The molecule has 0 spiro atoms. The number of hydrogen-bond acceptors (Lipinski definition) is 6. The van der Waals surface area contributed by atoms with Gasteiger partial charge in [0, 0.05) is 19.3 Å². The lowest BCUT2D eigenvalue weighted by Gasteiger charge is -2.35. The van der Waals surface area contributed by atoms with Crippen LogP contribution in [0.15, 0.2) is 18.6 Å². The van der Waals surface area contributed by atoms with Crippen molar-refractivity contribution < 1.29 is 13.2 Å². The topological polar surface area (TPSA) is 123 Å². The van der Waals surface area contributed by atoms with Gasteiger partial charge in [-0.05, 0) is 44.7 Å². The third-order valence-corrected chi connectivity index (χ3v) is 6.69. The van der Waals surface area contributed by atoms with Gasteiger partial charge in [-0.2, -0.15) is 0 Å². The summed E-state index contributed by atoms with van der Waals surface area (Å²) in [6, 6.07) is 1.47. The predicted molar refractivity (Wildman–Crippen MR) is 99.5 cm³/mol. The third-order valence-electron chi connectivity index (χ3n) is 5.16. The number of rotatable bonds is 5. The summed E-state index contributed by atoms with van der Waals surface area (Å²) in [7, 11) is 0.249. The first-order valence-electron chi connectivity index (χ1n) is 8.58. The van der Waals surface area contributed by atoms with Gasteiger partial charge in [0.1, 0.15) is 12.1 Å². The van der Waals surface area contributed by atoms with Crippen LogP contribution in [0.1, 0.15) is 25.7 Å². The molecule has 2 aromatic rings. The highest BCUT2D eigenvalue weighted by atomic mass is 32.2. The Kier molecular flexibility index (Phi) is 5.15. The number of nitrogens with two attached hydrogens (primary N) is 1. The Hall–Kier alpha value is -2.20. The Bertz CT molecular complexity index is 902. The summed E-state index contributed by atoms with van der Waals surface area (Å²) in [4.78, 5) is 22.1. The molecule has 1 saturated carbocycles. The molecular formula is C16H24N6O3S. The van der Waals surface area contributed by atoms with Gasteiger partial charge in [-0.1, -0.05) is 0 Å². The zero-order valence-electron chi connectivity index (χ0n) is 14.9. The van der Waals surface area contributed by atoms with Gasteiger partial charge < -0.3 is 10.6 Å². The highest BCUT2D eigenvalue weighted by Gasteiger charge is 2.28. The van der Waals surface area contributed by atoms with E-state index in [1.165, 1.54) is 17.9 Å². The van der Waals surface area contributed by atoms with Crippen molar-refractivity contribution in [2.75, 3.05) is 24.7 Å². The Morgan fingerprint density at radius 1 is 1.35 bits per heavy atom. The molecule has 10 heteroatoms. The molecule has 1 aliphatic rings. The summed E-state index contributed by atoms with van der Waals surface area (Å²) in [5, 5.41) is 0.772. The maximum Gasteiger partial charge on any atom is 0.324 e. The van der Waals surface area contributed by atoms with Crippen molar-refractivity contribution in [3.05, 3.63) is 18.6 Å². The van der Waals surface area contributed by atoms with E-state index in [0.29, 0.717) is 5.65 Å². The van der Waals surface area contributed by atoms with Crippen molar-refractivity contribution in [3.8, 4) is 0 Å². The number of nitrogens with one attached hydrogen (secondary N) is 1. The first kappa shape index (κ1) is 18.6. The summed E-state index contributed by atoms with van der Waals surface area (Å²) in [6.45, 7) is 0. The number of fused-ring (bicyclic) bond motifs is 1. The molecule has 0 aliphatic heterocycles. The van der Waals surface area contributed by atoms with Crippen LogP contribution in [0.5, 0.6) is 0 Å². The van der Waals surface area contributed by atoms with Crippen LogP contribution < -0.4 is 15.4 Å². The molecule has 0 bridgehead atoms. The van der Waals surface area contributed by atoms with Crippen LogP contribution in [0, 0.1) is 5.92 Å². The first-order valence-corrected chi connectivity index (χ1v) is 10.2. The summed E-state index contributed by atoms with van der Waals surface area (Å²) < 4.78 is 27.1. The van der Waals surface area contributed by atoms with E-state index in [1.54, 1.807) is 12.3 Å². The molecule has 26 heavy (non-hydrogen) atoms. The van der Waals surface area contributed by atoms with Gasteiger partial charge in [0.05, 0.1) is 11.1 Å². The number of carbonyl (C=O) groups excluding carboxylic acids is 1. The Morgan fingerprint density at radius 3 is 2.65 bits per heavy atom. The van der Waals surface area contributed by atoms with Gasteiger partial charge in [-0.25, -0.2) is 27.9 Å². The smallest absolute Gasteiger partial charge is 0.324 e. The Morgan fingerprint density at radius 2 is 2.04 bits per heavy atom. The molecular weight excluding hydrogens is 356 g/mol. The largest absolute Gasteiger partial charge is 0.356 e.